The zero-order valence-electron chi connectivity index (χ0n) is 18.1. The van der Waals surface area contributed by atoms with Crippen LogP contribution in [0.5, 0.6) is 0 Å². The molecule has 3 aromatic rings. The number of anilines is 1. The van der Waals surface area contributed by atoms with Crippen LogP contribution in [0, 0.1) is 6.92 Å². The number of nitrogens with two attached hydrogens (primary N) is 1. The predicted octanol–water partition coefficient (Wildman–Crippen LogP) is 1.83. The molecule has 3 amide bonds. The van der Waals surface area contributed by atoms with E-state index < -0.39 is 5.91 Å². The third-order valence-corrected chi connectivity index (χ3v) is 5.75. The van der Waals surface area contributed by atoms with Crippen LogP contribution >= 0.6 is 11.8 Å². The molecule has 0 saturated heterocycles. The number of carbonyl (C=O) groups excluding carboxylic acids is 3. The molecule has 0 aliphatic rings. The van der Waals surface area contributed by atoms with Crippen LogP contribution in [-0.2, 0) is 29.3 Å². The van der Waals surface area contributed by atoms with Gasteiger partial charge in [0.2, 0.25) is 17.7 Å². The van der Waals surface area contributed by atoms with Crippen LogP contribution in [0.2, 0.25) is 0 Å². The van der Waals surface area contributed by atoms with E-state index in [1.165, 1.54) is 18.3 Å². The summed E-state index contributed by atoms with van der Waals surface area (Å²) in [6.07, 6.45) is 1.48. The first-order chi connectivity index (χ1) is 15.9. The lowest BCUT2D eigenvalue weighted by molar-refractivity contribution is -0.122. The molecule has 0 atom stereocenters. The van der Waals surface area contributed by atoms with Gasteiger partial charge < -0.3 is 26.0 Å². The summed E-state index contributed by atoms with van der Waals surface area (Å²) in [7, 11) is 0. The Bertz CT molecular complexity index is 1130. The molecule has 9 nitrogen and oxygen atoms in total. The minimum atomic E-state index is -0.544. The van der Waals surface area contributed by atoms with E-state index in [0.29, 0.717) is 28.6 Å². The molecule has 0 aliphatic carbocycles. The lowest BCUT2D eigenvalue weighted by Crippen LogP contribution is -2.28. The summed E-state index contributed by atoms with van der Waals surface area (Å²) >= 11 is 1.15. The van der Waals surface area contributed by atoms with E-state index in [4.69, 9.17) is 5.73 Å². The van der Waals surface area contributed by atoms with Gasteiger partial charge in [-0.1, -0.05) is 41.6 Å². The number of hydrogen-bond donors (Lipinski definition) is 4. The minimum Gasteiger partial charge on any atom is -0.390 e. The first kappa shape index (κ1) is 24.0. The highest BCUT2D eigenvalue weighted by Gasteiger charge is 2.15. The van der Waals surface area contributed by atoms with Crippen LogP contribution in [0.25, 0.3) is 0 Å². The number of amides is 3. The fraction of sp³-hybridized carbons (Fsp3) is 0.217. The average molecular weight is 468 g/mol. The molecule has 172 valence electrons. The number of nitrogens with zero attached hydrogens (tertiary/aromatic N) is 2. The number of aliphatic hydroxyl groups is 1. The molecule has 0 spiro atoms. The lowest BCUT2D eigenvalue weighted by Gasteiger charge is -2.11. The molecule has 33 heavy (non-hydrogen) atoms. The van der Waals surface area contributed by atoms with Crippen LogP contribution in [-0.4, -0.2) is 38.1 Å². The Kier molecular flexibility index (Phi) is 8.22. The number of aryl methyl sites for hydroxylation is 1. The maximum atomic E-state index is 12.5. The van der Waals surface area contributed by atoms with Gasteiger partial charge in [-0.15, -0.1) is 0 Å². The van der Waals surface area contributed by atoms with Crippen LogP contribution in [0.3, 0.4) is 0 Å². The molecule has 0 saturated carbocycles. The normalized spacial score (nSPS) is 10.6. The van der Waals surface area contributed by atoms with E-state index >= 15 is 0 Å². The van der Waals surface area contributed by atoms with Crippen molar-refractivity contribution in [2.45, 2.75) is 31.8 Å². The van der Waals surface area contributed by atoms with Crippen molar-refractivity contribution < 1.29 is 19.5 Å². The van der Waals surface area contributed by atoms with E-state index in [9.17, 15) is 19.5 Å². The van der Waals surface area contributed by atoms with Gasteiger partial charge in [-0.3, -0.25) is 14.4 Å². The molecular weight excluding hydrogens is 442 g/mol. The SMILES string of the molecule is Cc1ccc(CNC(=O)Cn2c(CO)cnc2SCC(=O)Nc2ccc(C(N)=O)cc2)cc1. The molecule has 0 bridgehead atoms. The van der Waals surface area contributed by atoms with Gasteiger partial charge in [0.25, 0.3) is 0 Å². The molecule has 5 N–H and O–H groups in total. The smallest absolute Gasteiger partial charge is 0.248 e. The number of carbonyl (C=O) groups is 3. The molecular formula is C23H25N5O4S. The van der Waals surface area contributed by atoms with Crippen molar-refractivity contribution in [2.75, 3.05) is 11.1 Å². The summed E-state index contributed by atoms with van der Waals surface area (Å²) in [5, 5.41) is 15.6. The number of benzene rings is 2. The van der Waals surface area contributed by atoms with E-state index in [1.807, 2.05) is 31.2 Å². The maximum Gasteiger partial charge on any atom is 0.248 e. The zero-order chi connectivity index (χ0) is 23.8. The molecule has 1 heterocycles. The molecule has 1 aromatic heterocycles. The molecule has 0 fully saturated rings. The van der Waals surface area contributed by atoms with Gasteiger partial charge in [0.05, 0.1) is 24.3 Å². The second-order valence-corrected chi connectivity index (χ2v) is 8.26. The highest BCUT2D eigenvalue weighted by atomic mass is 32.2. The van der Waals surface area contributed by atoms with Crippen LogP contribution in [0.4, 0.5) is 5.69 Å². The Morgan fingerprint density at radius 2 is 1.76 bits per heavy atom. The lowest BCUT2D eigenvalue weighted by atomic mass is 10.1. The molecule has 10 heteroatoms. The van der Waals surface area contributed by atoms with Crippen LogP contribution in [0.1, 0.15) is 27.2 Å². The van der Waals surface area contributed by atoms with Gasteiger partial charge >= 0.3 is 0 Å². The van der Waals surface area contributed by atoms with Crippen molar-refractivity contribution in [3.8, 4) is 0 Å². The average Bonchev–Trinajstić information content (AvgIpc) is 3.19. The molecule has 0 unspecified atom stereocenters. The van der Waals surface area contributed by atoms with E-state index in [-0.39, 0.29) is 30.7 Å². The third kappa shape index (κ3) is 6.93. The highest BCUT2D eigenvalue weighted by molar-refractivity contribution is 7.99. The standard InChI is InChI=1S/C23H25N5O4S/c1-15-2-4-16(5-3-15)10-25-20(30)12-28-19(13-29)11-26-23(28)33-14-21(31)27-18-8-6-17(7-9-18)22(24)32/h2-9,11,29H,10,12-14H2,1H3,(H2,24,32)(H,25,30)(H,27,31). The summed E-state index contributed by atoms with van der Waals surface area (Å²) in [6, 6.07) is 14.1. The van der Waals surface area contributed by atoms with Crippen LogP contribution in [0.15, 0.2) is 59.9 Å². The summed E-state index contributed by atoms with van der Waals surface area (Å²) in [5.41, 5.74) is 8.69. The number of aliphatic hydroxyl groups excluding tert-OH is 1. The first-order valence-corrected chi connectivity index (χ1v) is 11.1. The predicted molar refractivity (Wildman–Crippen MR) is 125 cm³/mol. The summed E-state index contributed by atoms with van der Waals surface area (Å²) in [6.45, 7) is 2.08. The second kappa shape index (κ2) is 11.3. The minimum absolute atomic E-state index is 0.0275. The largest absolute Gasteiger partial charge is 0.390 e. The van der Waals surface area contributed by atoms with Gasteiger partial charge in [-0.05, 0) is 36.8 Å². The van der Waals surface area contributed by atoms with Crippen molar-refractivity contribution in [3.05, 3.63) is 77.1 Å². The number of aromatic nitrogens is 2. The summed E-state index contributed by atoms with van der Waals surface area (Å²) in [4.78, 5) is 40.1. The highest BCUT2D eigenvalue weighted by Crippen LogP contribution is 2.19. The summed E-state index contributed by atoms with van der Waals surface area (Å²) in [5.74, 6) is -1.01. The Morgan fingerprint density at radius 1 is 1.06 bits per heavy atom. The summed E-state index contributed by atoms with van der Waals surface area (Å²) < 4.78 is 1.59. The molecule has 0 aliphatic heterocycles. The van der Waals surface area contributed by atoms with Gasteiger partial charge in [0, 0.05) is 17.8 Å². The molecule has 0 radical (unpaired) electrons. The van der Waals surface area contributed by atoms with Gasteiger partial charge in [-0.2, -0.15) is 0 Å². The Hall–Kier alpha value is -3.63. The Morgan fingerprint density at radius 3 is 2.39 bits per heavy atom. The first-order valence-electron chi connectivity index (χ1n) is 10.2. The van der Waals surface area contributed by atoms with Crippen molar-refractivity contribution in [1.82, 2.24) is 14.9 Å². The van der Waals surface area contributed by atoms with Crippen molar-refractivity contribution in [2.24, 2.45) is 5.73 Å². The number of rotatable bonds is 10. The number of primary amides is 1. The number of imidazole rings is 1. The Balaban J connectivity index is 1.55. The molecule has 2 aromatic carbocycles. The van der Waals surface area contributed by atoms with E-state index in [1.54, 1.807) is 16.7 Å². The fourth-order valence-electron chi connectivity index (χ4n) is 2.95. The van der Waals surface area contributed by atoms with Gasteiger partial charge in [-0.25, -0.2) is 4.98 Å². The van der Waals surface area contributed by atoms with E-state index in [2.05, 4.69) is 15.6 Å². The van der Waals surface area contributed by atoms with Gasteiger partial charge in [0.1, 0.15) is 6.54 Å². The topological polar surface area (TPSA) is 139 Å². The quantitative estimate of drug-likeness (QED) is 0.336. The number of nitrogens with one attached hydrogen (secondary N) is 2. The fourth-order valence-corrected chi connectivity index (χ4v) is 3.75. The monoisotopic (exact) mass is 467 g/mol. The van der Waals surface area contributed by atoms with Crippen molar-refractivity contribution >= 4 is 35.2 Å². The second-order valence-electron chi connectivity index (χ2n) is 7.32. The number of thioether (sulfide) groups is 1. The third-order valence-electron chi connectivity index (χ3n) is 4.76. The van der Waals surface area contributed by atoms with Crippen molar-refractivity contribution in [3.63, 3.8) is 0 Å². The van der Waals surface area contributed by atoms with Gasteiger partial charge in [0.15, 0.2) is 5.16 Å². The van der Waals surface area contributed by atoms with Crippen LogP contribution < -0.4 is 16.4 Å². The van der Waals surface area contributed by atoms with E-state index in [0.717, 1.165) is 22.9 Å². The zero-order valence-corrected chi connectivity index (χ0v) is 18.9. The van der Waals surface area contributed by atoms with Crippen molar-refractivity contribution in [1.29, 1.82) is 0 Å². The number of hydrogen-bond acceptors (Lipinski definition) is 6. The molecule has 3 rings (SSSR count). The Labute approximate surface area is 195 Å². The maximum absolute atomic E-state index is 12.5.